The van der Waals surface area contributed by atoms with Gasteiger partial charge in [0.15, 0.2) is 0 Å². The standard InChI is InChI=1S/C9H15NO2/c1-10-4-6-2-8(11)9(12)3-7(6)5-10/h8-9,11-12H,2-5H2,1H3/t8-,9+. The van der Waals surface area contributed by atoms with Crippen LogP contribution in [-0.4, -0.2) is 47.5 Å². The smallest absolute Gasteiger partial charge is 0.0839 e. The molecule has 68 valence electrons. The molecule has 0 spiro atoms. The highest BCUT2D eigenvalue weighted by atomic mass is 16.3. The molecule has 2 atom stereocenters. The first kappa shape index (κ1) is 8.23. The average molecular weight is 169 g/mol. The Morgan fingerprint density at radius 2 is 1.50 bits per heavy atom. The molecular formula is C9H15NO2. The molecule has 0 fully saturated rings. The second-order valence-corrected chi connectivity index (χ2v) is 3.92. The monoisotopic (exact) mass is 169 g/mol. The summed E-state index contributed by atoms with van der Waals surface area (Å²) in [7, 11) is 2.07. The lowest BCUT2D eigenvalue weighted by atomic mass is 9.90. The maximum Gasteiger partial charge on any atom is 0.0839 e. The Morgan fingerprint density at radius 3 is 1.92 bits per heavy atom. The average Bonchev–Trinajstić information content (AvgIpc) is 2.30. The van der Waals surface area contributed by atoms with Gasteiger partial charge in [-0.3, -0.25) is 4.90 Å². The van der Waals surface area contributed by atoms with Gasteiger partial charge >= 0.3 is 0 Å². The van der Waals surface area contributed by atoms with Gasteiger partial charge in [-0.25, -0.2) is 0 Å². The van der Waals surface area contributed by atoms with E-state index in [2.05, 4.69) is 11.9 Å². The fourth-order valence-electron chi connectivity index (χ4n) is 2.13. The molecule has 0 bridgehead atoms. The Morgan fingerprint density at radius 1 is 1.08 bits per heavy atom. The molecule has 12 heavy (non-hydrogen) atoms. The first-order chi connectivity index (χ1) is 5.66. The molecule has 0 aromatic heterocycles. The highest BCUT2D eigenvalue weighted by molar-refractivity contribution is 5.27. The summed E-state index contributed by atoms with van der Waals surface area (Å²) in [5, 5.41) is 18.8. The predicted octanol–water partition coefficient (Wildman–Crippen LogP) is -0.256. The van der Waals surface area contributed by atoms with Gasteiger partial charge < -0.3 is 10.2 Å². The van der Waals surface area contributed by atoms with Crippen molar-refractivity contribution in [2.45, 2.75) is 25.0 Å². The zero-order valence-corrected chi connectivity index (χ0v) is 7.32. The summed E-state index contributed by atoms with van der Waals surface area (Å²) in [6, 6.07) is 0. The molecule has 0 saturated carbocycles. The minimum absolute atomic E-state index is 0.532. The predicted molar refractivity (Wildman–Crippen MR) is 45.8 cm³/mol. The van der Waals surface area contributed by atoms with Crippen LogP contribution in [0.15, 0.2) is 11.1 Å². The lowest BCUT2D eigenvalue weighted by molar-refractivity contribution is 0.0149. The van der Waals surface area contributed by atoms with E-state index in [4.69, 9.17) is 0 Å². The quantitative estimate of drug-likeness (QED) is 0.491. The van der Waals surface area contributed by atoms with E-state index in [1.165, 1.54) is 11.1 Å². The topological polar surface area (TPSA) is 43.7 Å². The SMILES string of the molecule is CN1CC2=C(C[C@H](O)[C@H](O)C2)C1. The van der Waals surface area contributed by atoms with Crippen molar-refractivity contribution in [2.75, 3.05) is 20.1 Å². The molecular weight excluding hydrogens is 154 g/mol. The van der Waals surface area contributed by atoms with Crippen LogP contribution in [0.25, 0.3) is 0 Å². The number of hydrogen-bond donors (Lipinski definition) is 2. The van der Waals surface area contributed by atoms with Gasteiger partial charge in [-0.2, -0.15) is 0 Å². The van der Waals surface area contributed by atoms with Crippen LogP contribution in [0.2, 0.25) is 0 Å². The second kappa shape index (κ2) is 2.83. The number of aliphatic hydroxyl groups excluding tert-OH is 2. The molecule has 3 nitrogen and oxygen atoms in total. The Labute approximate surface area is 72.3 Å². The Bertz CT molecular complexity index is 203. The van der Waals surface area contributed by atoms with Gasteiger partial charge in [0.25, 0.3) is 0 Å². The van der Waals surface area contributed by atoms with Crippen molar-refractivity contribution < 1.29 is 10.2 Å². The van der Waals surface area contributed by atoms with E-state index in [1.807, 2.05) is 0 Å². The van der Waals surface area contributed by atoms with E-state index in [-0.39, 0.29) is 0 Å². The van der Waals surface area contributed by atoms with E-state index in [0.717, 1.165) is 13.1 Å². The van der Waals surface area contributed by atoms with Crippen molar-refractivity contribution in [3.63, 3.8) is 0 Å². The third-order valence-corrected chi connectivity index (χ3v) is 2.78. The minimum Gasteiger partial charge on any atom is -0.390 e. The van der Waals surface area contributed by atoms with Crippen molar-refractivity contribution >= 4 is 0 Å². The van der Waals surface area contributed by atoms with Crippen molar-refractivity contribution in [3.05, 3.63) is 11.1 Å². The summed E-state index contributed by atoms with van der Waals surface area (Å²) in [4.78, 5) is 2.22. The van der Waals surface area contributed by atoms with Crippen molar-refractivity contribution in [2.24, 2.45) is 0 Å². The van der Waals surface area contributed by atoms with Gasteiger partial charge in [0.2, 0.25) is 0 Å². The van der Waals surface area contributed by atoms with Crippen molar-refractivity contribution in [1.82, 2.24) is 4.90 Å². The molecule has 2 N–H and O–H groups in total. The molecule has 2 aliphatic rings. The van der Waals surface area contributed by atoms with Crippen LogP contribution in [-0.2, 0) is 0 Å². The van der Waals surface area contributed by atoms with Gasteiger partial charge in [0.1, 0.15) is 0 Å². The van der Waals surface area contributed by atoms with Crippen LogP contribution in [0.4, 0.5) is 0 Å². The Kier molecular flexibility index (Phi) is 1.94. The van der Waals surface area contributed by atoms with Crippen LogP contribution in [0.1, 0.15) is 12.8 Å². The Hall–Kier alpha value is -0.380. The van der Waals surface area contributed by atoms with Crippen LogP contribution in [0.3, 0.4) is 0 Å². The molecule has 0 amide bonds. The molecule has 1 aliphatic heterocycles. The third kappa shape index (κ3) is 1.28. The van der Waals surface area contributed by atoms with Crippen LogP contribution >= 0.6 is 0 Å². The van der Waals surface area contributed by atoms with Gasteiger partial charge in [-0.15, -0.1) is 0 Å². The maximum atomic E-state index is 9.41. The first-order valence-corrected chi connectivity index (χ1v) is 4.41. The molecule has 0 unspecified atom stereocenters. The van der Waals surface area contributed by atoms with Gasteiger partial charge in [0.05, 0.1) is 12.2 Å². The second-order valence-electron chi connectivity index (χ2n) is 3.92. The summed E-state index contributed by atoms with van der Waals surface area (Å²) >= 11 is 0. The summed E-state index contributed by atoms with van der Waals surface area (Å²) in [5.41, 5.74) is 2.69. The molecule has 0 saturated heterocycles. The summed E-state index contributed by atoms with van der Waals surface area (Å²) < 4.78 is 0. The van der Waals surface area contributed by atoms with E-state index in [1.54, 1.807) is 0 Å². The van der Waals surface area contributed by atoms with E-state index >= 15 is 0 Å². The summed E-state index contributed by atoms with van der Waals surface area (Å²) in [6.45, 7) is 1.94. The molecule has 0 radical (unpaired) electrons. The lowest BCUT2D eigenvalue weighted by Crippen LogP contribution is -2.30. The van der Waals surface area contributed by atoms with Crippen LogP contribution < -0.4 is 0 Å². The highest BCUT2D eigenvalue weighted by Gasteiger charge is 2.30. The van der Waals surface area contributed by atoms with E-state index < -0.39 is 12.2 Å². The van der Waals surface area contributed by atoms with E-state index in [0.29, 0.717) is 12.8 Å². The van der Waals surface area contributed by atoms with Gasteiger partial charge in [0, 0.05) is 13.1 Å². The fraction of sp³-hybridized carbons (Fsp3) is 0.778. The maximum absolute atomic E-state index is 9.41. The van der Waals surface area contributed by atoms with Crippen molar-refractivity contribution in [3.8, 4) is 0 Å². The molecule has 1 heterocycles. The number of aliphatic hydroxyl groups is 2. The zero-order chi connectivity index (χ0) is 8.72. The molecule has 2 rings (SSSR count). The Balaban J connectivity index is 2.13. The summed E-state index contributed by atoms with van der Waals surface area (Å²) in [5.74, 6) is 0. The summed E-state index contributed by atoms with van der Waals surface area (Å²) in [6.07, 6.45) is 0.271. The molecule has 3 heteroatoms. The van der Waals surface area contributed by atoms with Gasteiger partial charge in [-0.1, -0.05) is 11.1 Å². The largest absolute Gasteiger partial charge is 0.390 e. The minimum atomic E-state index is -0.532. The lowest BCUT2D eigenvalue weighted by Gasteiger charge is -2.24. The number of hydrogen-bond acceptors (Lipinski definition) is 3. The van der Waals surface area contributed by atoms with E-state index in [9.17, 15) is 10.2 Å². The third-order valence-electron chi connectivity index (χ3n) is 2.78. The number of nitrogens with zero attached hydrogens (tertiary/aromatic N) is 1. The number of rotatable bonds is 0. The van der Waals surface area contributed by atoms with Crippen LogP contribution in [0, 0.1) is 0 Å². The first-order valence-electron chi connectivity index (χ1n) is 4.41. The van der Waals surface area contributed by atoms with Crippen molar-refractivity contribution in [1.29, 1.82) is 0 Å². The molecule has 1 aliphatic carbocycles. The normalized spacial score (nSPS) is 37.2. The van der Waals surface area contributed by atoms with Gasteiger partial charge in [-0.05, 0) is 19.9 Å². The molecule has 0 aromatic rings. The zero-order valence-electron chi connectivity index (χ0n) is 7.32. The fourth-order valence-corrected chi connectivity index (χ4v) is 2.13. The van der Waals surface area contributed by atoms with Crippen LogP contribution in [0.5, 0.6) is 0 Å². The molecule has 0 aromatic carbocycles. The highest BCUT2D eigenvalue weighted by Crippen LogP contribution is 2.30. The number of likely N-dealkylation sites (N-methyl/N-ethyl adjacent to an activating group) is 1.